The number of fused-ring (bicyclic) bond motifs is 3. The van der Waals surface area contributed by atoms with Crippen LogP contribution in [0.25, 0.3) is 0 Å². The molecule has 1 amide bonds. The maximum absolute atomic E-state index is 14.7. The molecule has 3 saturated heterocycles. The first-order valence-electron chi connectivity index (χ1n) is 29.1. The second-order valence-electron chi connectivity index (χ2n) is 22.9. The van der Waals surface area contributed by atoms with Crippen LogP contribution in [0.15, 0.2) is 47.6 Å². The lowest BCUT2D eigenvalue weighted by Crippen LogP contribution is -2.61. The molecule has 0 radical (unpaired) electrons. The van der Waals surface area contributed by atoms with Crippen molar-refractivity contribution in [1.82, 2.24) is 4.90 Å². The molecule has 1 aliphatic carbocycles. The van der Waals surface area contributed by atoms with Crippen molar-refractivity contribution in [2.45, 2.75) is 186 Å². The van der Waals surface area contributed by atoms with Crippen molar-refractivity contribution in [2.75, 3.05) is 87.8 Å². The van der Waals surface area contributed by atoms with Gasteiger partial charge in [-0.15, -0.1) is 0 Å². The zero-order valence-corrected chi connectivity index (χ0v) is 49.4. The van der Waals surface area contributed by atoms with Crippen molar-refractivity contribution in [3.63, 3.8) is 0 Å². The van der Waals surface area contributed by atoms with Gasteiger partial charge < -0.3 is 62.1 Å². The summed E-state index contributed by atoms with van der Waals surface area (Å²) < 4.78 is 64.9. The summed E-state index contributed by atoms with van der Waals surface area (Å²) in [7, 11) is 6.31. The number of aliphatic hydroxyl groups is 1. The standard InChI is InChI=1S/C61H97NO17/c1-39-17-13-12-14-18-40(2)52(77-30-27-73-26-29-75-48-37-74-38-48)35-47-22-20-45(7)61(68,79-47)58(65)59(66)62-24-16-15-19-49(62)60(67)78-53(42(4)33-46-21-23-51(54(34-46)70-9)76-28-25-69-8)36-50(63)41(3)32-44(6)56(71-10)57(72-11)55(64)43(5)31-39/h12-14,17-18,32,39,41-43,45-49,51-54,56-57,68H,15-16,19-31,33-38H2,1-11H3/t39-,41-,42-,43-,45-,46+,47+,49+,51-,52?,53+,54-,56-,57+,61-/m1/s1. The monoisotopic (exact) mass is 1120 g/mol. The lowest BCUT2D eigenvalue weighted by atomic mass is 9.78. The van der Waals surface area contributed by atoms with Gasteiger partial charge in [0.1, 0.15) is 36.2 Å². The first kappa shape index (κ1) is 66.3. The highest BCUT2D eigenvalue weighted by Crippen LogP contribution is 2.38. The summed E-state index contributed by atoms with van der Waals surface area (Å²) in [6, 6.07) is -1.15. The van der Waals surface area contributed by atoms with E-state index in [0.717, 1.165) is 18.4 Å². The Bertz CT molecular complexity index is 2050. The molecule has 4 fully saturated rings. The molecule has 15 atom stereocenters. The molecule has 1 N–H and O–H groups in total. The lowest BCUT2D eigenvalue weighted by molar-refractivity contribution is -0.266. The van der Waals surface area contributed by atoms with Crippen LogP contribution >= 0.6 is 0 Å². The van der Waals surface area contributed by atoms with E-state index in [0.29, 0.717) is 96.8 Å². The summed E-state index contributed by atoms with van der Waals surface area (Å²) >= 11 is 0. The Hall–Kier alpha value is -3.53. The van der Waals surface area contributed by atoms with Gasteiger partial charge in [-0.25, -0.2) is 4.79 Å². The second-order valence-corrected chi connectivity index (χ2v) is 22.9. The summed E-state index contributed by atoms with van der Waals surface area (Å²) in [4.78, 5) is 73.6. The molecule has 4 heterocycles. The Balaban J connectivity index is 1.44. The minimum Gasteiger partial charge on any atom is -0.460 e. The maximum Gasteiger partial charge on any atom is 0.329 e. The van der Waals surface area contributed by atoms with Gasteiger partial charge in [0, 0.05) is 65.6 Å². The van der Waals surface area contributed by atoms with E-state index in [1.54, 1.807) is 34.1 Å². The zero-order chi connectivity index (χ0) is 57.6. The van der Waals surface area contributed by atoms with Gasteiger partial charge in [0.25, 0.3) is 11.7 Å². The SMILES string of the molecule is COCCO[C@@H]1CC[C@@H](C[C@@H](C)[C@@H]2CC(=O)[C@H](C)C=C(C)[C@@H](OC)[C@@H](OC)C(=O)[C@H](C)C[C@H](C)C=CC=CC=C(C)C(OCCOCCOC3COC3)C[C@@H]3CC[C@@H](C)[C@@](O)(O3)C(=O)C(=O)N3CCCC[C@H]3C(=O)O2)C[C@H]1OC. The van der Waals surface area contributed by atoms with Crippen molar-refractivity contribution in [1.29, 1.82) is 0 Å². The van der Waals surface area contributed by atoms with E-state index in [1.165, 1.54) is 19.1 Å². The summed E-state index contributed by atoms with van der Waals surface area (Å²) in [6.07, 6.45) is 13.4. The van der Waals surface area contributed by atoms with Crippen LogP contribution in [0.4, 0.5) is 0 Å². The third-order valence-electron chi connectivity index (χ3n) is 16.7. The number of carbonyl (C=O) groups excluding carboxylic acids is 5. The van der Waals surface area contributed by atoms with Crippen LogP contribution in [-0.2, 0) is 76.1 Å². The van der Waals surface area contributed by atoms with Gasteiger partial charge in [0.2, 0.25) is 5.79 Å². The van der Waals surface area contributed by atoms with Crippen LogP contribution in [-0.4, -0.2) is 188 Å². The maximum atomic E-state index is 14.7. The summed E-state index contributed by atoms with van der Waals surface area (Å²) in [5.41, 5.74) is 1.50. The third-order valence-corrected chi connectivity index (χ3v) is 16.7. The molecule has 5 rings (SSSR count). The highest BCUT2D eigenvalue weighted by Gasteiger charge is 2.53. The largest absolute Gasteiger partial charge is 0.460 e. The molecule has 0 aromatic carbocycles. The number of ether oxygens (including phenoxy) is 11. The van der Waals surface area contributed by atoms with Gasteiger partial charge in [-0.1, -0.05) is 71.1 Å². The van der Waals surface area contributed by atoms with E-state index in [4.69, 9.17) is 52.1 Å². The van der Waals surface area contributed by atoms with Gasteiger partial charge >= 0.3 is 5.97 Å². The van der Waals surface area contributed by atoms with E-state index in [-0.39, 0.29) is 86.0 Å². The van der Waals surface area contributed by atoms with E-state index in [2.05, 4.69) is 0 Å². The smallest absolute Gasteiger partial charge is 0.329 e. The third kappa shape index (κ3) is 19.5. The van der Waals surface area contributed by atoms with Gasteiger partial charge in [0.05, 0.1) is 77.3 Å². The van der Waals surface area contributed by atoms with Crippen LogP contribution in [0, 0.1) is 35.5 Å². The number of allylic oxidation sites excluding steroid dienone is 6. The number of Topliss-reactive ketones (excluding diaryl/α,β-unsaturated/α-hetero) is 3. The number of hydrogen-bond donors (Lipinski definition) is 1. The van der Waals surface area contributed by atoms with E-state index in [1.807, 2.05) is 65.0 Å². The van der Waals surface area contributed by atoms with E-state index in [9.17, 15) is 29.1 Å². The van der Waals surface area contributed by atoms with Crippen molar-refractivity contribution in [2.24, 2.45) is 35.5 Å². The Morgan fingerprint density at radius 2 is 1.47 bits per heavy atom. The highest BCUT2D eigenvalue weighted by atomic mass is 16.6. The van der Waals surface area contributed by atoms with Crippen molar-refractivity contribution in [3.05, 3.63) is 47.6 Å². The Kier molecular flexibility index (Phi) is 28.1. The zero-order valence-electron chi connectivity index (χ0n) is 49.4. The molecule has 79 heavy (non-hydrogen) atoms. The molecule has 1 saturated carbocycles. The Morgan fingerprint density at radius 3 is 2.15 bits per heavy atom. The number of ketones is 3. The average Bonchev–Trinajstić information content (AvgIpc) is 3.49. The van der Waals surface area contributed by atoms with Gasteiger partial charge in [-0.3, -0.25) is 19.2 Å². The van der Waals surface area contributed by atoms with Gasteiger partial charge in [-0.2, -0.15) is 0 Å². The molecule has 4 aliphatic heterocycles. The summed E-state index contributed by atoms with van der Waals surface area (Å²) in [5.74, 6) is -7.59. The van der Waals surface area contributed by atoms with Crippen molar-refractivity contribution in [3.8, 4) is 0 Å². The molecule has 5 aliphatic rings. The van der Waals surface area contributed by atoms with Crippen LogP contribution in [0.2, 0.25) is 0 Å². The molecular weight excluding hydrogens is 1020 g/mol. The molecule has 2 bridgehead atoms. The quantitative estimate of drug-likeness (QED) is 0.0617. The van der Waals surface area contributed by atoms with Crippen LogP contribution in [0.3, 0.4) is 0 Å². The number of carbonyl (C=O) groups is 5. The number of hydrogen-bond acceptors (Lipinski definition) is 17. The molecule has 0 spiro atoms. The topological polar surface area (TPSA) is 210 Å². The fraction of sp³-hybridized carbons (Fsp3) is 0.787. The second kappa shape index (κ2) is 33.5. The number of cyclic esters (lactones) is 1. The van der Waals surface area contributed by atoms with Crippen molar-refractivity contribution < 1.29 is 81.2 Å². The average molecular weight is 1120 g/mol. The molecular formula is C61H97NO17. The molecule has 0 aromatic heterocycles. The first-order valence-corrected chi connectivity index (χ1v) is 29.1. The van der Waals surface area contributed by atoms with Crippen molar-refractivity contribution >= 4 is 29.2 Å². The summed E-state index contributed by atoms with van der Waals surface area (Å²) in [6.45, 7) is 16.7. The number of piperidine rings is 1. The number of rotatable bonds is 18. The van der Waals surface area contributed by atoms with Crippen LogP contribution in [0.5, 0.6) is 0 Å². The van der Waals surface area contributed by atoms with Crippen LogP contribution in [0.1, 0.15) is 126 Å². The first-order chi connectivity index (χ1) is 37.8. The number of nitrogens with zero attached hydrogens (tertiary/aromatic N) is 1. The van der Waals surface area contributed by atoms with E-state index < -0.39 is 71.8 Å². The minimum atomic E-state index is -2.47. The van der Waals surface area contributed by atoms with Crippen LogP contribution < -0.4 is 0 Å². The molecule has 18 nitrogen and oxygen atoms in total. The molecule has 448 valence electrons. The summed E-state index contributed by atoms with van der Waals surface area (Å²) in [5, 5.41) is 12.3. The molecule has 0 aromatic rings. The molecule has 18 heteroatoms. The molecule has 1 unspecified atom stereocenters. The van der Waals surface area contributed by atoms with Gasteiger partial charge in [-0.05, 0) is 107 Å². The number of amides is 1. The fourth-order valence-corrected chi connectivity index (χ4v) is 11.7. The lowest BCUT2D eigenvalue weighted by Gasteiger charge is -2.43. The normalized spacial score (nSPS) is 34.4. The fourth-order valence-electron chi connectivity index (χ4n) is 11.7. The number of methoxy groups -OCH3 is 4. The Labute approximate surface area is 470 Å². The Morgan fingerprint density at radius 1 is 0.747 bits per heavy atom. The predicted molar refractivity (Wildman–Crippen MR) is 296 cm³/mol. The predicted octanol–water partition coefficient (Wildman–Crippen LogP) is 7.31. The van der Waals surface area contributed by atoms with E-state index >= 15 is 0 Å². The minimum absolute atomic E-state index is 0.0296. The van der Waals surface area contributed by atoms with Gasteiger partial charge in [0.15, 0.2) is 5.78 Å². The number of esters is 1. The highest BCUT2D eigenvalue weighted by molar-refractivity contribution is 6.39.